The number of nitrogens with zero attached hydrogens (tertiary/aromatic N) is 2. The minimum Gasteiger partial charge on any atom is -0.333 e. The zero-order valence-electron chi connectivity index (χ0n) is 26.6. The van der Waals surface area contributed by atoms with Gasteiger partial charge in [-0.15, -0.1) is 11.8 Å². The van der Waals surface area contributed by atoms with Crippen LogP contribution in [0, 0.1) is 0 Å². The quantitative estimate of drug-likeness (QED) is 0.101. The van der Waals surface area contributed by atoms with Crippen molar-refractivity contribution in [3.05, 3.63) is 132 Å². The van der Waals surface area contributed by atoms with E-state index in [1.165, 1.54) is 17.8 Å². The molecule has 2 amide bonds. The molecule has 5 rings (SSSR count). The lowest BCUT2D eigenvalue weighted by Crippen LogP contribution is -2.39. The average Bonchev–Trinajstić information content (AvgIpc) is 3.45. The second-order valence-electron chi connectivity index (χ2n) is 10.9. The zero-order valence-corrected chi connectivity index (χ0v) is 29.0. The van der Waals surface area contributed by atoms with E-state index in [0.29, 0.717) is 39.7 Å². The number of aryl methyl sites for hydroxylation is 1. The van der Waals surface area contributed by atoms with Crippen LogP contribution >= 0.6 is 11.8 Å². The number of hydrogen-bond acceptors (Lipinski definition) is 7. The van der Waals surface area contributed by atoms with Gasteiger partial charge in [0.05, 0.1) is 21.4 Å². The van der Waals surface area contributed by atoms with Gasteiger partial charge in [-0.25, -0.2) is 22.9 Å². The van der Waals surface area contributed by atoms with Crippen molar-refractivity contribution in [2.45, 2.75) is 47.7 Å². The molecule has 2 N–H and O–H groups in total. The van der Waals surface area contributed by atoms with Crippen LogP contribution in [0.4, 0.5) is 4.79 Å². The van der Waals surface area contributed by atoms with E-state index in [9.17, 15) is 22.2 Å². The van der Waals surface area contributed by atoms with Crippen molar-refractivity contribution in [2.75, 3.05) is 12.0 Å². The van der Waals surface area contributed by atoms with Crippen LogP contribution in [0.2, 0.25) is 0 Å². The van der Waals surface area contributed by atoms with Gasteiger partial charge in [0.25, 0.3) is 10.0 Å². The van der Waals surface area contributed by atoms with E-state index < -0.39 is 26.9 Å². The van der Waals surface area contributed by atoms with Crippen molar-refractivity contribution < 1.29 is 22.2 Å². The zero-order chi connectivity index (χ0) is 34.1. The van der Waals surface area contributed by atoms with Crippen molar-refractivity contribution >= 4 is 44.4 Å². The maximum Gasteiger partial charge on any atom is 0.328 e. The van der Waals surface area contributed by atoms with E-state index in [1.807, 2.05) is 78.4 Å². The van der Waals surface area contributed by atoms with Gasteiger partial charge in [-0.1, -0.05) is 97.9 Å². The normalized spacial score (nSPS) is 12.0. The molecule has 1 aromatic heterocycles. The number of hydrogen-bond donors (Lipinski definition) is 2. The largest absolute Gasteiger partial charge is 0.333 e. The molecule has 0 saturated carbocycles. The highest BCUT2D eigenvalue weighted by Crippen LogP contribution is 2.29. The van der Waals surface area contributed by atoms with Crippen LogP contribution in [0.15, 0.2) is 124 Å². The molecular weight excluding hydrogens is 665 g/mol. The van der Waals surface area contributed by atoms with Crippen LogP contribution < -0.4 is 10.0 Å². The molecular formula is C36H36N4O5S3. The first kappa shape index (κ1) is 34.8. The van der Waals surface area contributed by atoms with E-state index in [2.05, 4.69) is 10.0 Å². The predicted octanol–water partition coefficient (Wildman–Crippen LogP) is 6.45. The number of carbonyl (C=O) groups is 2. The summed E-state index contributed by atoms with van der Waals surface area (Å²) >= 11 is 1.38. The summed E-state index contributed by atoms with van der Waals surface area (Å²) in [6.07, 6.45) is 3.37. The number of thioether (sulfide) groups is 1. The predicted molar refractivity (Wildman–Crippen MR) is 190 cm³/mol. The van der Waals surface area contributed by atoms with E-state index in [0.717, 1.165) is 23.4 Å². The number of amides is 2. The molecule has 0 saturated heterocycles. The number of urea groups is 1. The Hall–Kier alpha value is -4.52. The number of rotatable bonds is 14. The third-order valence-electron chi connectivity index (χ3n) is 7.52. The topological polar surface area (TPSA) is 127 Å². The van der Waals surface area contributed by atoms with E-state index in [-0.39, 0.29) is 23.0 Å². The van der Waals surface area contributed by atoms with E-state index >= 15 is 0 Å². The van der Waals surface area contributed by atoms with Crippen LogP contribution in [0.1, 0.15) is 40.8 Å². The molecule has 1 unspecified atom stereocenters. The molecule has 4 aromatic carbocycles. The molecule has 0 aliphatic rings. The summed E-state index contributed by atoms with van der Waals surface area (Å²) in [5, 5.41) is 3.19. The fraction of sp³-hybridized carbons (Fsp3) is 0.194. The van der Waals surface area contributed by atoms with Crippen molar-refractivity contribution in [2.24, 2.45) is 0 Å². The number of ketones is 1. The minimum atomic E-state index is -4.20. The lowest BCUT2D eigenvalue weighted by molar-refractivity contribution is 0.101. The van der Waals surface area contributed by atoms with Gasteiger partial charge in [-0.2, -0.15) is 0 Å². The second kappa shape index (κ2) is 16.1. The van der Waals surface area contributed by atoms with Gasteiger partial charge in [0.15, 0.2) is 5.78 Å². The van der Waals surface area contributed by atoms with Crippen LogP contribution in [0.5, 0.6) is 0 Å². The van der Waals surface area contributed by atoms with Crippen molar-refractivity contribution in [1.82, 2.24) is 19.6 Å². The Kier molecular flexibility index (Phi) is 11.6. The molecule has 0 aliphatic carbocycles. The van der Waals surface area contributed by atoms with Crippen LogP contribution in [-0.4, -0.2) is 46.0 Å². The first-order valence-electron chi connectivity index (χ1n) is 15.3. The van der Waals surface area contributed by atoms with Crippen LogP contribution in [-0.2, 0) is 40.3 Å². The summed E-state index contributed by atoms with van der Waals surface area (Å²) in [6.45, 7) is 2.58. The second-order valence-corrected chi connectivity index (χ2v) is 14.8. The Balaban J connectivity index is 1.37. The van der Waals surface area contributed by atoms with E-state index in [1.54, 1.807) is 42.5 Å². The van der Waals surface area contributed by atoms with Crippen molar-refractivity contribution in [3.63, 3.8) is 0 Å². The maximum atomic E-state index is 13.6. The Bertz CT molecular complexity index is 2010. The standard InChI is InChI=1S/C36H36N4O5S3/c1-3-12-33-38-35(46-2)34(31(41)25-47(43)29-15-8-5-9-16-29)40(33)24-27-19-21-28(22-20-27)30-17-10-11-18-32(30)48(44,45)39-36(42)37-23-26-13-6-4-7-14-26/h4-11,13-22H,3,12,23-25H2,1-2H3,(H2,37,39,42). The lowest BCUT2D eigenvalue weighted by atomic mass is 10.0. The number of carbonyl (C=O) groups excluding carboxylic acids is 2. The van der Waals surface area contributed by atoms with Gasteiger partial charge in [-0.05, 0) is 47.6 Å². The Labute approximate surface area is 287 Å². The van der Waals surface area contributed by atoms with Gasteiger partial charge in [0, 0.05) is 30.0 Å². The fourth-order valence-corrected chi connectivity index (χ4v) is 7.99. The number of Topliss-reactive ketones (excluding diaryl/α,β-unsaturated/α-hetero) is 1. The first-order chi connectivity index (χ1) is 23.2. The van der Waals surface area contributed by atoms with Gasteiger partial charge in [0.1, 0.15) is 16.5 Å². The van der Waals surface area contributed by atoms with E-state index in [4.69, 9.17) is 4.98 Å². The molecule has 1 atom stereocenters. The molecule has 48 heavy (non-hydrogen) atoms. The highest BCUT2D eigenvalue weighted by Gasteiger charge is 2.25. The smallest absolute Gasteiger partial charge is 0.328 e. The number of aromatic nitrogens is 2. The Morgan fingerprint density at radius 2 is 1.50 bits per heavy atom. The summed E-state index contributed by atoms with van der Waals surface area (Å²) in [5.41, 5.74) is 3.23. The molecule has 0 aliphatic heterocycles. The van der Waals surface area contributed by atoms with Crippen LogP contribution in [0.25, 0.3) is 11.1 Å². The SMILES string of the molecule is CCCc1nc(SC)c(C(=O)CS(=O)c2ccccc2)n1Cc1ccc(-c2ccccc2S(=O)(=O)NC(=O)NCc2ccccc2)cc1. The molecule has 248 valence electrons. The highest BCUT2D eigenvalue weighted by atomic mass is 32.2. The molecule has 5 aromatic rings. The molecule has 12 heteroatoms. The number of benzene rings is 4. The molecule has 0 bridgehead atoms. The summed E-state index contributed by atoms with van der Waals surface area (Å²) in [7, 11) is -5.70. The number of imidazole rings is 1. The third-order valence-corrected chi connectivity index (χ3v) is 10.9. The average molecular weight is 701 g/mol. The summed E-state index contributed by atoms with van der Waals surface area (Å²) in [6, 6.07) is 31.2. The van der Waals surface area contributed by atoms with Crippen molar-refractivity contribution in [3.8, 4) is 11.1 Å². The molecule has 1 heterocycles. The maximum absolute atomic E-state index is 13.6. The number of nitrogens with one attached hydrogen (secondary N) is 2. The third kappa shape index (κ3) is 8.49. The van der Waals surface area contributed by atoms with Crippen LogP contribution in [0.3, 0.4) is 0 Å². The summed E-state index contributed by atoms with van der Waals surface area (Å²) in [4.78, 5) is 31.5. The fourth-order valence-electron chi connectivity index (χ4n) is 5.22. The Morgan fingerprint density at radius 3 is 2.17 bits per heavy atom. The summed E-state index contributed by atoms with van der Waals surface area (Å²) < 4.78 is 43.7. The number of sulfonamides is 1. The van der Waals surface area contributed by atoms with Gasteiger partial charge < -0.3 is 9.88 Å². The first-order valence-corrected chi connectivity index (χ1v) is 19.4. The minimum absolute atomic E-state index is 0.0311. The Morgan fingerprint density at radius 1 is 0.854 bits per heavy atom. The highest BCUT2D eigenvalue weighted by molar-refractivity contribution is 7.98. The van der Waals surface area contributed by atoms with Gasteiger partial charge >= 0.3 is 6.03 Å². The molecule has 9 nitrogen and oxygen atoms in total. The van der Waals surface area contributed by atoms with Crippen molar-refractivity contribution in [1.29, 1.82) is 0 Å². The molecule has 0 radical (unpaired) electrons. The monoisotopic (exact) mass is 700 g/mol. The van der Waals surface area contributed by atoms with Gasteiger partial charge in [-0.3, -0.25) is 9.00 Å². The lowest BCUT2D eigenvalue weighted by Gasteiger charge is -2.14. The molecule has 0 spiro atoms. The van der Waals surface area contributed by atoms with Gasteiger partial charge in [0.2, 0.25) is 0 Å². The molecule has 0 fully saturated rings. The summed E-state index contributed by atoms with van der Waals surface area (Å²) in [5.74, 6) is 0.373.